The van der Waals surface area contributed by atoms with Gasteiger partial charge in [0.15, 0.2) is 0 Å². The minimum absolute atomic E-state index is 0.857. The maximum atomic E-state index is 5.19. The summed E-state index contributed by atoms with van der Waals surface area (Å²) in [6, 6.07) is 9.38. The van der Waals surface area contributed by atoms with Crippen molar-refractivity contribution in [3.63, 3.8) is 0 Å². The average Bonchev–Trinajstić information content (AvgIpc) is 2.65. The molecule has 0 radical (unpaired) electrons. The first-order valence-electron chi connectivity index (χ1n) is 6.72. The molecule has 2 atom stereocenters. The van der Waals surface area contributed by atoms with E-state index in [1.54, 1.807) is 7.11 Å². The number of benzene rings is 1. The maximum Gasteiger partial charge on any atom is 0.118 e. The van der Waals surface area contributed by atoms with E-state index in [1.807, 2.05) is 0 Å². The molecule has 2 aliphatic rings. The second kappa shape index (κ2) is 4.69. The molecule has 2 fully saturated rings. The average molecular weight is 231 g/mol. The van der Waals surface area contributed by atoms with Crippen molar-refractivity contribution in [2.45, 2.75) is 38.3 Å². The zero-order chi connectivity index (χ0) is 11.7. The first-order chi connectivity index (χ1) is 8.35. The van der Waals surface area contributed by atoms with Crippen LogP contribution in [-0.4, -0.2) is 24.6 Å². The van der Waals surface area contributed by atoms with E-state index in [0.717, 1.165) is 24.3 Å². The van der Waals surface area contributed by atoms with Crippen LogP contribution in [0.4, 0.5) is 0 Å². The lowest BCUT2D eigenvalue weighted by atomic mass is 9.90. The third kappa shape index (κ3) is 2.32. The molecule has 1 heterocycles. The van der Waals surface area contributed by atoms with E-state index in [2.05, 4.69) is 29.2 Å². The van der Waals surface area contributed by atoms with Crippen LogP contribution in [0.3, 0.4) is 0 Å². The van der Waals surface area contributed by atoms with Crippen molar-refractivity contribution in [1.82, 2.24) is 4.90 Å². The molecule has 1 aromatic carbocycles. The highest BCUT2D eigenvalue weighted by molar-refractivity contribution is 5.27. The van der Waals surface area contributed by atoms with E-state index in [9.17, 15) is 0 Å². The van der Waals surface area contributed by atoms with E-state index < -0.39 is 0 Å². The molecule has 2 unspecified atom stereocenters. The van der Waals surface area contributed by atoms with Crippen molar-refractivity contribution < 1.29 is 4.74 Å². The molecule has 1 saturated heterocycles. The smallest absolute Gasteiger partial charge is 0.118 e. The molecular formula is C15H21NO. The van der Waals surface area contributed by atoms with Gasteiger partial charge in [0.25, 0.3) is 0 Å². The molecule has 1 aliphatic carbocycles. The first-order valence-corrected chi connectivity index (χ1v) is 6.72. The van der Waals surface area contributed by atoms with Crippen LogP contribution < -0.4 is 4.74 Å². The number of nitrogens with zero attached hydrogens (tertiary/aromatic N) is 1. The number of fused-ring (bicyclic) bond motifs is 2. The normalized spacial score (nSPS) is 28.3. The zero-order valence-corrected chi connectivity index (χ0v) is 10.6. The van der Waals surface area contributed by atoms with Gasteiger partial charge in [0.1, 0.15) is 5.75 Å². The highest BCUT2D eigenvalue weighted by Crippen LogP contribution is 2.36. The van der Waals surface area contributed by atoms with Crippen LogP contribution >= 0.6 is 0 Å². The van der Waals surface area contributed by atoms with E-state index >= 15 is 0 Å². The van der Waals surface area contributed by atoms with Crippen molar-refractivity contribution in [2.75, 3.05) is 13.7 Å². The second-order valence-corrected chi connectivity index (χ2v) is 5.46. The molecule has 0 spiro atoms. The summed E-state index contributed by atoms with van der Waals surface area (Å²) in [6.07, 6.45) is 5.74. The minimum atomic E-state index is 0.857. The Balaban J connectivity index is 1.66. The molecule has 92 valence electrons. The van der Waals surface area contributed by atoms with E-state index in [1.165, 1.54) is 37.8 Å². The molecule has 2 nitrogen and oxygen atoms in total. The van der Waals surface area contributed by atoms with Crippen LogP contribution in [0.5, 0.6) is 5.75 Å². The Morgan fingerprint density at radius 3 is 2.76 bits per heavy atom. The Morgan fingerprint density at radius 2 is 2.06 bits per heavy atom. The van der Waals surface area contributed by atoms with Crippen LogP contribution in [0.1, 0.15) is 31.2 Å². The Morgan fingerprint density at radius 1 is 1.24 bits per heavy atom. The van der Waals surface area contributed by atoms with Gasteiger partial charge in [0, 0.05) is 19.1 Å². The summed E-state index contributed by atoms with van der Waals surface area (Å²) in [5.41, 5.74) is 1.42. The van der Waals surface area contributed by atoms with Gasteiger partial charge in [-0.1, -0.05) is 18.6 Å². The van der Waals surface area contributed by atoms with Crippen LogP contribution in [0.15, 0.2) is 24.3 Å². The zero-order valence-electron chi connectivity index (χ0n) is 10.6. The molecule has 1 aliphatic heterocycles. The van der Waals surface area contributed by atoms with Crippen LogP contribution in [0.25, 0.3) is 0 Å². The number of likely N-dealkylation sites (tertiary alicyclic amines) is 1. The number of hydrogen-bond donors (Lipinski definition) is 0. The first kappa shape index (κ1) is 11.1. The Kier molecular flexibility index (Phi) is 3.06. The second-order valence-electron chi connectivity index (χ2n) is 5.46. The molecular weight excluding hydrogens is 210 g/mol. The van der Waals surface area contributed by atoms with Crippen molar-refractivity contribution in [3.8, 4) is 5.75 Å². The van der Waals surface area contributed by atoms with Crippen molar-refractivity contribution >= 4 is 0 Å². The highest BCUT2D eigenvalue weighted by Gasteiger charge is 2.34. The van der Waals surface area contributed by atoms with Crippen molar-refractivity contribution in [3.05, 3.63) is 29.8 Å². The Hall–Kier alpha value is -1.02. The summed E-state index contributed by atoms with van der Waals surface area (Å²) < 4.78 is 5.19. The number of methoxy groups -OCH3 is 1. The predicted molar refractivity (Wildman–Crippen MR) is 69.2 cm³/mol. The fraction of sp³-hybridized carbons (Fsp3) is 0.600. The Labute approximate surface area is 104 Å². The molecule has 2 bridgehead atoms. The summed E-state index contributed by atoms with van der Waals surface area (Å²) in [6.45, 7) is 2.43. The third-order valence-electron chi connectivity index (χ3n) is 4.31. The highest BCUT2D eigenvalue weighted by atomic mass is 16.5. The molecule has 1 aromatic rings. The van der Waals surface area contributed by atoms with Crippen LogP contribution in [0, 0.1) is 5.92 Å². The lowest BCUT2D eigenvalue weighted by Crippen LogP contribution is -2.28. The lowest BCUT2D eigenvalue weighted by Gasteiger charge is -2.24. The van der Waals surface area contributed by atoms with Gasteiger partial charge in [-0.15, -0.1) is 0 Å². The van der Waals surface area contributed by atoms with Gasteiger partial charge in [0.2, 0.25) is 0 Å². The SMILES string of the molecule is COc1ccc(CN2CC3CCCC2C3)cc1. The number of ether oxygens (including phenoxy) is 1. The molecule has 0 amide bonds. The van der Waals surface area contributed by atoms with Gasteiger partial charge in [-0.2, -0.15) is 0 Å². The molecule has 1 saturated carbocycles. The molecule has 0 N–H and O–H groups in total. The summed E-state index contributed by atoms with van der Waals surface area (Å²) in [4.78, 5) is 2.68. The molecule has 0 aromatic heterocycles. The summed E-state index contributed by atoms with van der Waals surface area (Å²) >= 11 is 0. The van der Waals surface area contributed by atoms with Gasteiger partial charge in [0.05, 0.1) is 7.11 Å². The summed E-state index contributed by atoms with van der Waals surface area (Å²) in [7, 11) is 1.72. The fourth-order valence-electron chi connectivity index (χ4n) is 3.40. The number of rotatable bonds is 3. The fourth-order valence-corrected chi connectivity index (χ4v) is 3.40. The quantitative estimate of drug-likeness (QED) is 0.792. The van der Waals surface area contributed by atoms with Crippen LogP contribution in [-0.2, 0) is 6.54 Å². The van der Waals surface area contributed by atoms with Gasteiger partial charge in [-0.05, 0) is 42.9 Å². The topological polar surface area (TPSA) is 12.5 Å². The van der Waals surface area contributed by atoms with E-state index in [-0.39, 0.29) is 0 Å². The van der Waals surface area contributed by atoms with Gasteiger partial charge < -0.3 is 4.74 Å². The third-order valence-corrected chi connectivity index (χ3v) is 4.31. The molecule has 17 heavy (non-hydrogen) atoms. The summed E-state index contributed by atoms with van der Waals surface area (Å²) in [5, 5.41) is 0. The standard InChI is InChI=1S/C15H21NO/c1-17-15-7-5-12(6-8-15)10-16-11-13-3-2-4-14(16)9-13/h5-8,13-14H,2-4,9-11H2,1H3. The molecule has 3 rings (SSSR count). The minimum Gasteiger partial charge on any atom is -0.497 e. The van der Waals surface area contributed by atoms with Gasteiger partial charge >= 0.3 is 0 Å². The number of hydrogen-bond acceptors (Lipinski definition) is 2. The van der Waals surface area contributed by atoms with Crippen molar-refractivity contribution in [2.24, 2.45) is 5.92 Å². The summed E-state index contributed by atoms with van der Waals surface area (Å²) in [5.74, 6) is 1.93. The van der Waals surface area contributed by atoms with Gasteiger partial charge in [-0.3, -0.25) is 4.90 Å². The predicted octanol–water partition coefficient (Wildman–Crippen LogP) is 3.07. The van der Waals surface area contributed by atoms with Crippen molar-refractivity contribution in [1.29, 1.82) is 0 Å². The lowest BCUT2D eigenvalue weighted by molar-refractivity contribution is 0.237. The van der Waals surface area contributed by atoms with E-state index in [4.69, 9.17) is 4.74 Å². The molecule has 2 heteroatoms. The van der Waals surface area contributed by atoms with E-state index in [0.29, 0.717) is 0 Å². The monoisotopic (exact) mass is 231 g/mol. The van der Waals surface area contributed by atoms with Gasteiger partial charge in [-0.25, -0.2) is 0 Å². The maximum absolute atomic E-state index is 5.19. The largest absolute Gasteiger partial charge is 0.497 e. The Bertz CT molecular complexity index is 373. The van der Waals surface area contributed by atoms with Crippen LogP contribution in [0.2, 0.25) is 0 Å².